The second-order valence-electron chi connectivity index (χ2n) is 4.22. The Morgan fingerprint density at radius 2 is 1.76 bits per heavy atom. The second kappa shape index (κ2) is 6.81. The van der Waals surface area contributed by atoms with Crippen LogP contribution in [0.25, 0.3) is 0 Å². The topological polar surface area (TPSA) is 40.9 Å². The summed E-state index contributed by atoms with van der Waals surface area (Å²) >= 11 is 21.3. The van der Waals surface area contributed by atoms with Crippen LogP contribution in [0.4, 0.5) is 0 Å². The standard InChI is InChI=1S/C15H7BrCl3NO/c16-9-4-8(5-10(17)6-9)15(21)11(7-20)14-12(18)2-1-3-13(14)19/h1-6,11H. The van der Waals surface area contributed by atoms with Crippen LogP contribution in [0.15, 0.2) is 40.9 Å². The van der Waals surface area contributed by atoms with Crippen molar-refractivity contribution in [2.45, 2.75) is 5.92 Å². The lowest BCUT2D eigenvalue weighted by molar-refractivity contribution is 0.0979. The van der Waals surface area contributed by atoms with E-state index in [-0.39, 0.29) is 10.0 Å². The molecule has 0 fully saturated rings. The van der Waals surface area contributed by atoms with Gasteiger partial charge in [-0.2, -0.15) is 5.26 Å². The molecule has 0 bridgehead atoms. The Balaban J connectivity index is 2.52. The molecule has 0 aliphatic rings. The van der Waals surface area contributed by atoms with Gasteiger partial charge in [-0.1, -0.05) is 56.8 Å². The molecule has 0 aliphatic carbocycles. The zero-order valence-corrected chi connectivity index (χ0v) is 14.3. The molecule has 6 heteroatoms. The molecule has 2 aromatic rings. The van der Waals surface area contributed by atoms with Crippen molar-refractivity contribution in [2.24, 2.45) is 0 Å². The maximum atomic E-state index is 12.6. The molecule has 0 aliphatic heterocycles. The highest BCUT2D eigenvalue weighted by Gasteiger charge is 2.26. The Morgan fingerprint density at radius 3 is 2.29 bits per heavy atom. The summed E-state index contributed by atoms with van der Waals surface area (Å²) in [6.45, 7) is 0. The van der Waals surface area contributed by atoms with E-state index in [1.807, 2.05) is 6.07 Å². The first-order valence-electron chi connectivity index (χ1n) is 5.78. The third-order valence-electron chi connectivity index (χ3n) is 2.83. The number of carbonyl (C=O) groups excluding carboxylic acids is 1. The van der Waals surface area contributed by atoms with Gasteiger partial charge in [0.1, 0.15) is 5.92 Å². The lowest BCUT2D eigenvalue weighted by Crippen LogP contribution is -2.12. The van der Waals surface area contributed by atoms with Crippen LogP contribution < -0.4 is 0 Å². The van der Waals surface area contributed by atoms with Gasteiger partial charge < -0.3 is 0 Å². The highest BCUT2D eigenvalue weighted by molar-refractivity contribution is 9.10. The highest BCUT2D eigenvalue weighted by atomic mass is 79.9. The maximum absolute atomic E-state index is 12.6. The maximum Gasteiger partial charge on any atom is 0.184 e. The Morgan fingerprint density at radius 1 is 1.14 bits per heavy atom. The summed E-state index contributed by atoms with van der Waals surface area (Å²) in [5.41, 5.74) is 0.626. The fourth-order valence-electron chi connectivity index (χ4n) is 1.90. The minimum absolute atomic E-state index is 0.281. The van der Waals surface area contributed by atoms with Gasteiger partial charge in [-0.05, 0) is 30.3 Å². The zero-order valence-electron chi connectivity index (χ0n) is 10.4. The molecular weight excluding hydrogens is 396 g/mol. The summed E-state index contributed by atoms with van der Waals surface area (Å²) in [7, 11) is 0. The fraction of sp³-hybridized carbons (Fsp3) is 0.0667. The van der Waals surface area contributed by atoms with Crippen LogP contribution in [-0.2, 0) is 0 Å². The Bertz CT molecular complexity index is 715. The number of halogens is 4. The number of carbonyl (C=O) groups is 1. The Kier molecular flexibility index (Phi) is 5.29. The lowest BCUT2D eigenvalue weighted by atomic mass is 9.92. The number of benzene rings is 2. The summed E-state index contributed by atoms with van der Waals surface area (Å²) in [4.78, 5) is 12.6. The van der Waals surface area contributed by atoms with E-state index >= 15 is 0 Å². The van der Waals surface area contributed by atoms with E-state index in [4.69, 9.17) is 34.8 Å². The minimum atomic E-state index is -1.09. The third kappa shape index (κ3) is 3.59. The van der Waals surface area contributed by atoms with Gasteiger partial charge in [-0.15, -0.1) is 0 Å². The molecule has 0 saturated carbocycles. The van der Waals surface area contributed by atoms with E-state index in [1.165, 1.54) is 6.07 Å². The molecule has 21 heavy (non-hydrogen) atoms. The molecule has 1 unspecified atom stereocenters. The number of Topliss-reactive ketones (excluding diaryl/α,β-unsaturated/α-hetero) is 1. The van der Waals surface area contributed by atoms with E-state index in [2.05, 4.69) is 15.9 Å². The zero-order chi connectivity index (χ0) is 15.6. The van der Waals surface area contributed by atoms with Crippen LogP contribution in [0, 0.1) is 11.3 Å². The van der Waals surface area contributed by atoms with E-state index < -0.39 is 11.7 Å². The average molecular weight is 403 g/mol. The van der Waals surface area contributed by atoms with Gasteiger partial charge in [-0.25, -0.2) is 0 Å². The van der Waals surface area contributed by atoms with Crippen LogP contribution in [0.1, 0.15) is 21.8 Å². The van der Waals surface area contributed by atoms with Crippen LogP contribution in [0.2, 0.25) is 15.1 Å². The van der Waals surface area contributed by atoms with E-state index in [9.17, 15) is 10.1 Å². The number of nitrogens with zero attached hydrogens (tertiary/aromatic N) is 1. The first-order valence-corrected chi connectivity index (χ1v) is 7.70. The number of hydrogen-bond acceptors (Lipinski definition) is 2. The van der Waals surface area contributed by atoms with Gasteiger partial charge in [0.2, 0.25) is 0 Å². The van der Waals surface area contributed by atoms with Crippen LogP contribution in [-0.4, -0.2) is 5.78 Å². The van der Waals surface area contributed by atoms with Crippen molar-refractivity contribution in [1.29, 1.82) is 5.26 Å². The molecule has 0 spiro atoms. The van der Waals surface area contributed by atoms with Crippen LogP contribution in [0.3, 0.4) is 0 Å². The molecule has 0 N–H and O–H groups in total. The van der Waals surface area contributed by atoms with Gasteiger partial charge in [0.05, 0.1) is 6.07 Å². The van der Waals surface area contributed by atoms with Gasteiger partial charge in [0.15, 0.2) is 5.78 Å². The molecule has 106 valence electrons. The average Bonchev–Trinajstić information content (AvgIpc) is 2.41. The summed E-state index contributed by atoms with van der Waals surface area (Å²) in [6.07, 6.45) is 0. The first kappa shape index (κ1) is 16.3. The lowest BCUT2D eigenvalue weighted by Gasteiger charge is -2.12. The summed E-state index contributed by atoms with van der Waals surface area (Å²) in [5, 5.41) is 10.3. The number of hydrogen-bond donors (Lipinski definition) is 0. The van der Waals surface area contributed by atoms with Crippen molar-refractivity contribution in [1.82, 2.24) is 0 Å². The van der Waals surface area contributed by atoms with Crippen molar-refractivity contribution in [2.75, 3.05) is 0 Å². The van der Waals surface area contributed by atoms with Crippen molar-refractivity contribution in [3.63, 3.8) is 0 Å². The van der Waals surface area contributed by atoms with Crippen molar-refractivity contribution >= 4 is 56.5 Å². The summed E-state index contributed by atoms with van der Waals surface area (Å²) in [5.74, 6) is -1.49. The van der Waals surface area contributed by atoms with E-state index in [0.29, 0.717) is 20.6 Å². The molecule has 0 radical (unpaired) electrons. The predicted molar refractivity (Wildman–Crippen MR) is 88.3 cm³/mol. The van der Waals surface area contributed by atoms with Crippen LogP contribution >= 0.6 is 50.7 Å². The molecule has 0 saturated heterocycles. The minimum Gasteiger partial charge on any atom is -0.292 e. The van der Waals surface area contributed by atoms with E-state index in [1.54, 1.807) is 30.3 Å². The third-order valence-corrected chi connectivity index (χ3v) is 4.16. The van der Waals surface area contributed by atoms with Crippen molar-refractivity contribution in [3.05, 3.63) is 67.1 Å². The smallest absolute Gasteiger partial charge is 0.184 e. The van der Waals surface area contributed by atoms with E-state index in [0.717, 1.165) is 0 Å². The Labute approximate surface area is 145 Å². The number of nitriles is 1. The van der Waals surface area contributed by atoms with Gasteiger partial charge >= 0.3 is 0 Å². The number of rotatable bonds is 3. The molecule has 0 heterocycles. The summed E-state index contributed by atoms with van der Waals surface area (Å²) in [6, 6.07) is 11.6. The number of ketones is 1. The highest BCUT2D eigenvalue weighted by Crippen LogP contribution is 2.34. The quantitative estimate of drug-likeness (QED) is 0.599. The summed E-state index contributed by atoms with van der Waals surface area (Å²) < 4.78 is 0.653. The SMILES string of the molecule is N#CC(C(=O)c1cc(Cl)cc(Br)c1)c1c(Cl)cccc1Cl. The van der Waals surface area contributed by atoms with Crippen molar-refractivity contribution < 1.29 is 4.79 Å². The normalized spacial score (nSPS) is 11.8. The monoisotopic (exact) mass is 401 g/mol. The first-order chi connectivity index (χ1) is 9.93. The van der Waals surface area contributed by atoms with Crippen LogP contribution in [0.5, 0.6) is 0 Å². The molecule has 2 aromatic carbocycles. The largest absolute Gasteiger partial charge is 0.292 e. The predicted octanol–water partition coefficient (Wildman–Crippen LogP) is 5.90. The molecule has 2 nitrogen and oxygen atoms in total. The van der Waals surface area contributed by atoms with Gasteiger partial charge in [0, 0.05) is 30.7 Å². The molecule has 0 aromatic heterocycles. The molecule has 1 atom stereocenters. The molecule has 2 rings (SSSR count). The molecule has 0 amide bonds. The molecular formula is C15H7BrCl3NO. The fourth-order valence-corrected chi connectivity index (χ4v) is 3.38. The van der Waals surface area contributed by atoms with Gasteiger partial charge in [-0.3, -0.25) is 4.79 Å². The second-order valence-corrected chi connectivity index (χ2v) is 6.39. The van der Waals surface area contributed by atoms with Gasteiger partial charge in [0.25, 0.3) is 0 Å². The Hall–Kier alpha value is -1.05. The van der Waals surface area contributed by atoms with Crippen molar-refractivity contribution in [3.8, 4) is 6.07 Å².